The fourth-order valence-electron chi connectivity index (χ4n) is 8.20. The first-order chi connectivity index (χ1) is 34.9. The summed E-state index contributed by atoms with van der Waals surface area (Å²) in [6.07, 6.45) is 12.5. The zero-order valence-electron chi connectivity index (χ0n) is 49.9. The van der Waals surface area contributed by atoms with E-state index >= 15 is 0 Å². The molecule has 0 aromatic carbocycles. The van der Waals surface area contributed by atoms with E-state index in [-0.39, 0.29) is 66.9 Å². The molecule has 0 bridgehead atoms. The summed E-state index contributed by atoms with van der Waals surface area (Å²) < 4.78 is 9.18. The van der Waals surface area contributed by atoms with Gasteiger partial charge in [0.15, 0.2) is 0 Å². The van der Waals surface area contributed by atoms with Crippen LogP contribution < -0.4 is 45.3 Å². The first-order valence-corrected chi connectivity index (χ1v) is 25.6. The summed E-state index contributed by atoms with van der Waals surface area (Å²) in [5, 5.41) is 2.34. The van der Waals surface area contributed by atoms with Gasteiger partial charge in [0.25, 0.3) is 16.7 Å². The fraction of sp³-hybridized carbons (Fsp3) is 0.536. The van der Waals surface area contributed by atoms with Crippen molar-refractivity contribution in [2.75, 3.05) is 17.2 Å². The van der Waals surface area contributed by atoms with E-state index in [4.69, 9.17) is 17.2 Å². The third-order valence-corrected chi connectivity index (χ3v) is 12.5. The Balaban J connectivity index is 0.000000211. The molecule has 21 nitrogen and oxygen atoms in total. The lowest BCUT2D eigenvalue weighted by Crippen LogP contribution is -2.39. The monoisotopic (exact) mass is 1060 g/mol. The smallest absolute Gasteiger partial charge is 0.349 e. The van der Waals surface area contributed by atoms with E-state index in [1.165, 1.54) is 27.4 Å². The van der Waals surface area contributed by atoms with Crippen LogP contribution in [0.2, 0.25) is 0 Å². The van der Waals surface area contributed by atoms with Crippen LogP contribution in [0.1, 0.15) is 172 Å². The standard InChI is InChI=1S/C14H22N4O.C14H21N3O.C13H20N4.C9H14N2O2.C6H9N3O/c1-13(2,3)8-7-18(14(4,5)6)10-9(8)11(19)17-12(15)16-10;1-13(2,3)9-7-17(14(4,5)6)11-10(9)12(18)16-8-15-11;1-8(2)17-6-9(13(3,4)5)10-11(14)15-7-16-12(10)17;1-6-5-11(9(2,3)4)8(13)10-7(6)12;1-4-3-9(2)6(10)8-5(4)7/h7H,1-6H3,(H3,15,16,17,19);7-8H,1-6H3,(H,15,16,18);6-8H,1-5H3,(H2,14,15,16);5H,1-4H3,(H,10,12,13);3H,1-2H3,(H2,7,8,10). The number of fused-ring (bicyclic) bond motifs is 3. The van der Waals surface area contributed by atoms with Crippen molar-refractivity contribution in [3.8, 4) is 0 Å². The highest BCUT2D eigenvalue weighted by atomic mass is 16.2. The van der Waals surface area contributed by atoms with Gasteiger partial charge in [0.1, 0.15) is 34.9 Å². The highest BCUT2D eigenvalue weighted by Gasteiger charge is 2.29. The van der Waals surface area contributed by atoms with E-state index in [1.54, 1.807) is 26.4 Å². The van der Waals surface area contributed by atoms with Gasteiger partial charge >= 0.3 is 11.4 Å². The molecule has 0 spiro atoms. The summed E-state index contributed by atoms with van der Waals surface area (Å²) in [5.74, 6) is 1.03. The van der Waals surface area contributed by atoms with Gasteiger partial charge in [-0.1, -0.05) is 62.3 Å². The number of anilines is 3. The van der Waals surface area contributed by atoms with Gasteiger partial charge in [-0.05, 0) is 123 Å². The number of rotatable bonds is 1. The van der Waals surface area contributed by atoms with Crippen molar-refractivity contribution in [2.45, 2.75) is 191 Å². The average Bonchev–Trinajstić information content (AvgIpc) is 3.99. The number of H-pyrrole nitrogens is 3. The van der Waals surface area contributed by atoms with Crippen molar-refractivity contribution in [1.82, 2.24) is 62.7 Å². The Morgan fingerprint density at radius 2 is 0.974 bits per heavy atom. The molecule has 0 aliphatic rings. The van der Waals surface area contributed by atoms with Crippen LogP contribution >= 0.6 is 0 Å². The molecule has 8 aromatic rings. The topological polar surface area (TPSA) is 300 Å². The first kappa shape index (κ1) is 62.0. The van der Waals surface area contributed by atoms with Crippen LogP contribution in [-0.4, -0.2) is 62.7 Å². The molecule has 0 radical (unpaired) electrons. The van der Waals surface area contributed by atoms with Crippen LogP contribution in [0, 0.1) is 13.8 Å². The third-order valence-electron chi connectivity index (χ3n) is 12.5. The van der Waals surface area contributed by atoms with E-state index in [1.807, 2.05) is 38.5 Å². The van der Waals surface area contributed by atoms with Gasteiger partial charge < -0.3 is 40.5 Å². The molecule has 0 aliphatic heterocycles. The van der Waals surface area contributed by atoms with Crippen molar-refractivity contribution in [3.05, 3.63) is 123 Å². The molecule has 0 fully saturated rings. The van der Waals surface area contributed by atoms with E-state index in [9.17, 15) is 24.0 Å². The van der Waals surface area contributed by atoms with Gasteiger partial charge in [-0.25, -0.2) is 24.5 Å². The van der Waals surface area contributed by atoms with Crippen molar-refractivity contribution < 1.29 is 0 Å². The van der Waals surface area contributed by atoms with Gasteiger partial charge in [0.2, 0.25) is 5.95 Å². The molecule has 0 unspecified atom stereocenters. The number of aromatic amines is 3. The van der Waals surface area contributed by atoms with Crippen LogP contribution in [0.5, 0.6) is 0 Å². The van der Waals surface area contributed by atoms with Gasteiger partial charge in [0.05, 0.1) is 22.5 Å². The van der Waals surface area contributed by atoms with E-state index in [2.05, 4.69) is 179 Å². The Morgan fingerprint density at radius 1 is 0.494 bits per heavy atom. The Bertz CT molecular complexity index is 3700. The second kappa shape index (κ2) is 22.2. The van der Waals surface area contributed by atoms with Crippen LogP contribution in [0.4, 0.5) is 17.6 Å². The van der Waals surface area contributed by atoms with Gasteiger partial charge in [-0.2, -0.15) is 9.97 Å². The molecule has 0 atom stereocenters. The average molecular weight is 1060 g/mol. The zero-order valence-corrected chi connectivity index (χ0v) is 49.9. The molecule has 420 valence electrons. The number of hydrogen-bond donors (Lipinski definition) is 6. The van der Waals surface area contributed by atoms with Crippen LogP contribution in [-0.2, 0) is 39.9 Å². The van der Waals surface area contributed by atoms with Gasteiger partial charge in [-0.15, -0.1) is 0 Å². The molecule has 8 aromatic heterocycles. The Hall–Kier alpha value is -7.58. The van der Waals surface area contributed by atoms with Gasteiger partial charge in [0, 0.05) is 71.8 Å². The molecule has 8 rings (SSSR count). The molecule has 77 heavy (non-hydrogen) atoms. The van der Waals surface area contributed by atoms with Crippen molar-refractivity contribution >= 4 is 50.7 Å². The molecular weight excluding hydrogens is 977 g/mol. The maximum atomic E-state index is 12.2. The molecule has 21 heteroatoms. The lowest BCUT2D eigenvalue weighted by Gasteiger charge is -2.22. The second-order valence-corrected chi connectivity index (χ2v) is 25.8. The summed E-state index contributed by atoms with van der Waals surface area (Å²) in [6, 6.07) is 0.364. The number of nitrogen functional groups attached to an aromatic ring is 3. The molecule has 0 aliphatic carbocycles. The summed E-state index contributed by atoms with van der Waals surface area (Å²) in [5.41, 5.74) is 22.1. The number of nitrogens with one attached hydrogen (secondary N) is 3. The Labute approximate surface area is 450 Å². The quantitative estimate of drug-likeness (QED) is 0.0902. The highest BCUT2D eigenvalue weighted by molar-refractivity contribution is 5.91. The molecular formula is C56H86N16O5. The molecule has 0 saturated carbocycles. The summed E-state index contributed by atoms with van der Waals surface area (Å²) in [4.78, 5) is 85.7. The van der Waals surface area contributed by atoms with Crippen molar-refractivity contribution in [2.24, 2.45) is 7.05 Å². The van der Waals surface area contributed by atoms with Crippen LogP contribution in [0.25, 0.3) is 33.1 Å². The Morgan fingerprint density at radius 3 is 1.44 bits per heavy atom. The SMILES string of the molecule is CC(C)(C)c1cn(C(C)(C)C)c2nc(N)[nH]c(=O)c12.CC(C)(C)c1cn(C(C)(C)C)c2nc[nH]c(=O)c12.CC(C)n1cc(C(C)(C)C)c2c(N)ncnc21.Cc1cn(C(C)(C)C)c(=O)[nH]c1=O.Cc1cn(C)c(=O)nc1N. The van der Waals surface area contributed by atoms with E-state index < -0.39 is 0 Å². The van der Waals surface area contributed by atoms with Crippen LogP contribution in [0.3, 0.4) is 0 Å². The van der Waals surface area contributed by atoms with E-state index in [0.29, 0.717) is 39.7 Å². The van der Waals surface area contributed by atoms with E-state index in [0.717, 1.165) is 33.4 Å². The zero-order chi connectivity index (χ0) is 59.0. The minimum Gasteiger partial charge on any atom is -0.383 e. The molecule has 9 N–H and O–H groups in total. The van der Waals surface area contributed by atoms with Crippen molar-refractivity contribution in [3.63, 3.8) is 0 Å². The second-order valence-electron chi connectivity index (χ2n) is 25.8. The minimum absolute atomic E-state index is 0.0389. The normalized spacial score (nSPS) is 12.4. The summed E-state index contributed by atoms with van der Waals surface area (Å²) in [6.45, 7) is 45.2. The minimum atomic E-state index is -0.358. The molecule has 8 heterocycles. The number of nitrogens with two attached hydrogens (primary N) is 3. The Kier molecular flexibility index (Phi) is 17.8. The summed E-state index contributed by atoms with van der Waals surface area (Å²) in [7, 11) is 1.64. The largest absolute Gasteiger partial charge is 0.383 e. The highest BCUT2D eigenvalue weighted by Crippen LogP contribution is 2.36. The first-order valence-electron chi connectivity index (χ1n) is 25.6. The summed E-state index contributed by atoms with van der Waals surface area (Å²) >= 11 is 0. The number of nitrogens with zero attached hydrogens (tertiary/aromatic N) is 10. The number of aromatic nitrogens is 13. The maximum Gasteiger partial charge on any atom is 0.349 e. The van der Waals surface area contributed by atoms with Crippen molar-refractivity contribution in [1.29, 1.82) is 0 Å². The predicted molar refractivity (Wildman–Crippen MR) is 313 cm³/mol. The molecule has 0 saturated heterocycles. The lowest BCUT2D eigenvalue weighted by atomic mass is 9.87. The number of hydrogen-bond acceptors (Lipinski definition) is 13. The third kappa shape index (κ3) is 14.5. The van der Waals surface area contributed by atoms with Crippen LogP contribution in [0.15, 0.2) is 67.6 Å². The molecule has 0 amide bonds. The van der Waals surface area contributed by atoms with Gasteiger partial charge in [-0.3, -0.25) is 28.9 Å². The maximum absolute atomic E-state index is 12.2. The predicted octanol–water partition coefficient (Wildman–Crippen LogP) is 8.30. The number of aryl methyl sites for hydroxylation is 3. The lowest BCUT2D eigenvalue weighted by molar-refractivity contribution is 0.375. The fourth-order valence-corrected chi connectivity index (χ4v) is 8.20.